The van der Waals surface area contributed by atoms with Crippen LogP contribution in [0.1, 0.15) is 11.3 Å². The number of anilines is 1. The van der Waals surface area contributed by atoms with Gasteiger partial charge in [0, 0.05) is 31.3 Å². The summed E-state index contributed by atoms with van der Waals surface area (Å²) >= 11 is 12.3. The van der Waals surface area contributed by atoms with Crippen LogP contribution in [0, 0.1) is 0 Å². The lowest BCUT2D eigenvalue weighted by molar-refractivity contribution is 0.696. The maximum atomic E-state index is 6.16. The second kappa shape index (κ2) is 4.71. The van der Waals surface area contributed by atoms with E-state index in [1.54, 1.807) is 6.20 Å². The number of nitrogens with zero attached hydrogens (tertiary/aromatic N) is 4. The fourth-order valence-electron chi connectivity index (χ4n) is 2.10. The Hall–Kier alpha value is -1.39. The van der Waals surface area contributed by atoms with Crippen LogP contribution in [0.25, 0.3) is 0 Å². The first-order chi connectivity index (χ1) is 8.75. The van der Waals surface area contributed by atoms with Gasteiger partial charge in [0.05, 0.1) is 10.7 Å². The van der Waals surface area contributed by atoms with E-state index in [-0.39, 0.29) is 0 Å². The van der Waals surface area contributed by atoms with E-state index >= 15 is 0 Å². The summed E-state index contributed by atoms with van der Waals surface area (Å²) in [7, 11) is 0. The minimum Gasteiger partial charge on any atom is -0.350 e. The lowest BCUT2D eigenvalue weighted by Crippen LogP contribution is -2.32. The second-order valence-corrected chi connectivity index (χ2v) is 4.84. The molecular weight excluding hydrogens is 271 g/mol. The van der Waals surface area contributed by atoms with Crippen LogP contribution >= 0.6 is 23.2 Å². The van der Waals surface area contributed by atoms with Crippen molar-refractivity contribution in [2.24, 2.45) is 0 Å². The fraction of sp³-hybridized carbons (Fsp3) is 0.250. The van der Waals surface area contributed by atoms with Crippen molar-refractivity contribution in [3.8, 4) is 0 Å². The number of hydrogen-bond acceptors (Lipinski definition) is 4. The van der Waals surface area contributed by atoms with Crippen LogP contribution in [0.4, 0.5) is 5.82 Å². The summed E-state index contributed by atoms with van der Waals surface area (Å²) in [4.78, 5) is 14.7. The zero-order chi connectivity index (χ0) is 12.5. The van der Waals surface area contributed by atoms with Gasteiger partial charge in [0.25, 0.3) is 0 Å². The van der Waals surface area contributed by atoms with E-state index in [1.807, 2.05) is 12.1 Å². The van der Waals surface area contributed by atoms with Gasteiger partial charge in [-0.3, -0.25) is 0 Å². The molecule has 0 aliphatic carbocycles. The molecule has 2 aromatic heterocycles. The zero-order valence-corrected chi connectivity index (χ0v) is 11.0. The molecule has 1 aliphatic heterocycles. The Bertz CT molecular complexity index is 588. The molecule has 0 atom stereocenters. The molecule has 0 amide bonds. The van der Waals surface area contributed by atoms with Gasteiger partial charge in [-0.2, -0.15) is 0 Å². The van der Waals surface area contributed by atoms with Crippen molar-refractivity contribution in [1.82, 2.24) is 15.0 Å². The van der Waals surface area contributed by atoms with Gasteiger partial charge >= 0.3 is 0 Å². The highest BCUT2D eigenvalue weighted by molar-refractivity contribution is 6.33. The van der Waals surface area contributed by atoms with Gasteiger partial charge in [-0.15, -0.1) is 0 Å². The van der Waals surface area contributed by atoms with E-state index in [9.17, 15) is 0 Å². The van der Waals surface area contributed by atoms with E-state index < -0.39 is 0 Å². The highest BCUT2D eigenvalue weighted by Crippen LogP contribution is 2.29. The third kappa shape index (κ3) is 2.02. The molecule has 0 radical (unpaired) electrons. The minimum atomic E-state index is 0.511. The number of hydrogen-bond donors (Lipinski definition) is 0. The molecule has 18 heavy (non-hydrogen) atoms. The van der Waals surface area contributed by atoms with Crippen molar-refractivity contribution in [3.63, 3.8) is 0 Å². The monoisotopic (exact) mass is 280 g/mol. The van der Waals surface area contributed by atoms with Crippen LogP contribution in [-0.2, 0) is 13.0 Å². The summed E-state index contributed by atoms with van der Waals surface area (Å²) in [5.41, 5.74) is 1.98. The lowest BCUT2D eigenvalue weighted by Gasteiger charge is -2.29. The molecule has 0 bridgehead atoms. The van der Waals surface area contributed by atoms with Crippen molar-refractivity contribution < 1.29 is 0 Å². The maximum absolute atomic E-state index is 6.16. The van der Waals surface area contributed by atoms with Gasteiger partial charge < -0.3 is 4.90 Å². The largest absolute Gasteiger partial charge is 0.350 e. The third-order valence-corrected chi connectivity index (χ3v) is 3.61. The normalized spacial score (nSPS) is 14.4. The molecule has 3 heterocycles. The molecule has 0 N–H and O–H groups in total. The number of halogens is 2. The Kier molecular flexibility index (Phi) is 3.06. The van der Waals surface area contributed by atoms with E-state index in [0.29, 0.717) is 16.7 Å². The van der Waals surface area contributed by atoms with Gasteiger partial charge in [0.1, 0.15) is 17.3 Å². The molecule has 3 rings (SSSR count). The standard InChI is InChI=1S/C12H10Cl2N4/c13-9-2-1-4-15-12(9)18-5-3-10-8(6-18)11(14)17-7-16-10/h1-2,4,7H,3,5-6H2. The van der Waals surface area contributed by atoms with Gasteiger partial charge in [-0.1, -0.05) is 23.2 Å². The van der Waals surface area contributed by atoms with Gasteiger partial charge in [-0.05, 0) is 12.1 Å². The Morgan fingerprint density at radius 3 is 2.89 bits per heavy atom. The SMILES string of the molecule is Clc1cccnc1N1CCc2ncnc(Cl)c2C1. The molecule has 92 valence electrons. The molecule has 2 aromatic rings. The molecule has 0 spiro atoms. The Morgan fingerprint density at radius 1 is 1.17 bits per heavy atom. The summed E-state index contributed by atoms with van der Waals surface area (Å²) < 4.78 is 0. The van der Waals surface area contributed by atoms with Crippen LogP contribution in [0.15, 0.2) is 24.7 Å². The Balaban J connectivity index is 1.96. The highest BCUT2D eigenvalue weighted by Gasteiger charge is 2.22. The van der Waals surface area contributed by atoms with Crippen molar-refractivity contribution >= 4 is 29.0 Å². The molecule has 1 aliphatic rings. The number of aromatic nitrogens is 3. The Morgan fingerprint density at radius 2 is 2.06 bits per heavy atom. The predicted octanol–water partition coefficient (Wildman–Crippen LogP) is 2.74. The quantitative estimate of drug-likeness (QED) is 0.754. The van der Waals surface area contributed by atoms with Gasteiger partial charge in [0.2, 0.25) is 0 Å². The van der Waals surface area contributed by atoms with E-state index in [2.05, 4.69) is 19.9 Å². The second-order valence-electron chi connectivity index (χ2n) is 4.07. The molecule has 6 heteroatoms. The highest BCUT2D eigenvalue weighted by atomic mass is 35.5. The van der Waals surface area contributed by atoms with Crippen LogP contribution in [0.2, 0.25) is 10.2 Å². The average Bonchev–Trinajstić information content (AvgIpc) is 2.40. The van der Waals surface area contributed by atoms with Crippen molar-refractivity contribution in [3.05, 3.63) is 46.1 Å². The van der Waals surface area contributed by atoms with Crippen molar-refractivity contribution in [1.29, 1.82) is 0 Å². The number of rotatable bonds is 1. The number of pyridine rings is 1. The summed E-state index contributed by atoms with van der Waals surface area (Å²) in [6, 6.07) is 3.66. The van der Waals surface area contributed by atoms with E-state index in [0.717, 1.165) is 30.0 Å². The molecule has 4 nitrogen and oxygen atoms in total. The first kappa shape index (κ1) is 11.7. The third-order valence-electron chi connectivity index (χ3n) is 2.99. The molecule has 0 fully saturated rings. The molecular formula is C12H10Cl2N4. The van der Waals surface area contributed by atoms with Gasteiger partial charge in [-0.25, -0.2) is 15.0 Å². The molecule has 0 unspecified atom stereocenters. The summed E-state index contributed by atoms with van der Waals surface area (Å²) in [6.07, 6.45) is 4.06. The smallest absolute Gasteiger partial charge is 0.147 e. The summed E-state index contributed by atoms with van der Waals surface area (Å²) in [5.74, 6) is 0.782. The van der Waals surface area contributed by atoms with E-state index in [4.69, 9.17) is 23.2 Å². The summed E-state index contributed by atoms with van der Waals surface area (Å²) in [6.45, 7) is 1.48. The zero-order valence-electron chi connectivity index (χ0n) is 9.48. The molecule has 0 saturated heterocycles. The van der Waals surface area contributed by atoms with Crippen molar-refractivity contribution in [2.45, 2.75) is 13.0 Å². The van der Waals surface area contributed by atoms with Crippen LogP contribution in [-0.4, -0.2) is 21.5 Å². The average molecular weight is 281 g/mol. The first-order valence-corrected chi connectivity index (χ1v) is 6.35. The molecule has 0 aromatic carbocycles. The lowest BCUT2D eigenvalue weighted by atomic mass is 10.1. The fourth-order valence-corrected chi connectivity index (χ4v) is 2.55. The van der Waals surface area contributed by atoms with Crippen LogP contribution < -0.4 is 4.90 Å². The minimum absolute atomic E-state index is 0.511. The van der Waals surface area contributed by atoms with Crippen LogP contribution in [0.3, 0.4) is 0 Å². The van der Waals surface area contributed by atoms with Crippen molar-refractivity contribution in [2.75, 3.05) is 11.4 Å². The topological polar surface area (TPSA) is 41.9 Å². The Labute approximate surface area is 115 Å². The van der Waals surface area contributed by atoms with E-state index in [1.165, 1.54) is 6.33 Å². The maximum Gasteiger partial charge on any atom is 0.147 e. The summed E-state index contributed by atoms with van der Waals surface area (Å²) in [5, 5.41) is 1.16. The first-order valence-electron chi connectivity index (χ1n) is 5.59. The van der Waals surface area contributed by atoms with Crippen LogP contribution in [0.5, 0.6) is 0 Å². The number of fused-ring (bicyclic) bond motifs is 1. The molecule has 0 saturated carbocycles. The predicted molar refractivity (Wildman–Crippen MR) is 71.0 cm³/mol. The van der Waals surface area contributed by atoms with Gasteiger partial charge in [0.15, 0.2) is 0 Å².